The van der Waals surface area contributed by atoms with Crippen molar-refractivity contribution >= 4 is 17.7 Å². The van der Waals surface area contributed by atoms with Crippen molar-refractivity contribution in [2.24, 2.45) is 0 Å². The van der Waals surface area contributed by atoms with Crippen LogP contribution in [0.1, 0.15) is 29.7 Å². The maximum Gasteiger partial charge on any atom is 0.230 e. The SMILES string of the molecule is COc1ccc(C)cc1[C@H](C)NC(=O)CSc1ccc(C)cc1. The van der Waals surface area contributed by atoms with E-state index in [1.54, 1.807) is 18.9 Å². The number of methoxy groups -OCH3 is 1. The number of amides is 1. The Morgan fingerprint density at radius 2 is 1.78 bits per heavy atom. The number of aryl methyl sites for hydroxylation is 2. The average Bonchev–Trinajstić information content (AvgIpc) is 2.54. The molecule has 0 fully saturated rings. The zero-order valence-electron chi connectivity index (χ0n) is 14.1. The van der Waals surface area contributed by atoms with Crippen LogP contribution in [-0.2, 0) is 4.79 Å². The van der Waals surface area contributed by atoms with Gasteiger partial charge in [-0.1, -0.05) is 35.4 Å². The Morgan fingerprint density at radius 1 is 1.13 bits per heavy atom. The van der Waals surface area contributed by atoms with Crippen molar-refractivity contribution in [1.29, 1.82) is 0 Å². The molecule has 2 rings (SSSR count). The third-order valence-electron chi connectivity index (χ3n) is 3.62. The van der Waals surface area contributed by atoms with E-state index in [9.17, 15) is 4.79 Å². The average molecular weight is 329 g/mol. The molecule has 0 heterocycles. The van der Waals surface area contributed by atoms with E-state index in [-0.39, 0.29) is 11.9 Å². The third kappa shape index (κ3) is 5.03. The van der Waals surface area contributed by atoms with E-state index in [0.717, 1.165) is 21.8 Å². The summed E-state index contributed by atoms with van der Waals surface area (Å²) in [7, 11) is 1.65. The molecule has 4 heteroatoms. The van der Waals surface area contributed by atoms with Crippen molar-refractivity contribution in [3.05, 3.63) is 59.2 Å². The van der Waals surface area contributed by atoms with Crippen molar-refractivity contribution in [3.8, 4) is 5.75 Å². The van der Waals surface area contributed by atoms with E-state index in [2.05, 4.69) is 30.4 Å². The van der Waals surface area contributed by atoms with Crippen LogP contribution in [0.2, 0.25) is 0 Å². The molecule has 1 atom stereocenters. The smallest absolute Gasteiger partial charge is 0.230 e. The molecule has 0 saturated carbocycles. The van der Waals surface area contributed by atoms with Crippen LogP contribution >= 0.6 is 11.8 Å². The Morgan fingerprint density at radius 3 is 2.43 bits per heavy atom. The zero-order chi connectivity index (χ0) is 16.8. The molecule has 0 radical (unpaired) electrons. The predicted octanol–water partition coefficient (Wildman–Crippen LogP) is 4.28. The van der Waals surface area contributed by atoms with Gasteiger partial charge in [0, 0.05) is 10.5 Å². The number of carbonyl (C=O) groups is 1. The van der Waals surface area contributed by atoms with Gasteiger partial charge in [-0.2, -0.15) is 0 Å². The molecule has 0 aliphatic heterocycles. The van der Waals surface area contributed by atoms with E-state index >= 15 is 0 Å². The number of nitrogens with one attached hydrogen (secondary N) is 1. The molecule has 0 bridgehead atoms. The molecule has 0 unspecified atom stereocenters. The molecule has 0 spiro atoms. The monoisotopic (exact) mass is 329 g/mol. The summed E-state index contributed by atoms with van der Waals surface area (Å²) in [5.74, 6) is 1.22. The predicted molar refractivity (Wildman–Crippen MR) is 96.2 cm³/mol. The second-order valence-electron chi connectivity index (χ2n) is 5.64. The molecule has 3 nitrogen and oxygen atoms in total. The molecular formula is C19H23NO2S. The summed E-state index contributed by atoms with van der Waals surface area (Å²) < 4.78 is 5.39. The highest BCUT2D eigenvalue weighted by Crippen LogP contribution is 2.26. The van der Waals surface area contributed by atoms with E-state index < -0.39 is 0 Å². The first-order valence-electron chi connectivity index (χ1n) is 7.63. The molecule has 2 aromatic rings. The summed E-state index contributed by atoms with van der Waals surface area (Å²) in [5.41, 5.74) is 3.37. The number of thioether (sulfide) groups is 1. The summed E-state index contributed by atoms with van der Waals surface area (Å²) in [4.78, 5) is 13.3. The lowest BCUT2D eigenvalue weighted by Crippen LogP contribution is -2.28. The van der Waals surface area contributed by atoms with Crippen molar-refractivity contribution in [2.75, 3.05) is 12.9 Å². The first-order chi connectivity index (χ1) is 11.0. The molecular weight excluding hydrogens is 306 g/mol. The van der Waals surface area contributed by atoms with Gasteiger partial charge in [-0.3, -0.25) is 4.79 Å². The van der Waals surface area contributed by atoms with E-state index in [1.165, 1.54) is 5.56 Å². The summed E-state index contributed by atoms with van der Waals surface area (Å²) >= 11 is 1.54. The highest BCUT2D eigenvalue weighted by molar-refractivity contribution is 8.00. The fourth-order valence-corrected chi connectivity index (χ4v) is 3.05. The van der Waals surface area contributed by atoms with Crippen LogP contribution in [0.4, 0.5) is 0 Å². The first-order valence-corrected chi connectivity index (χ1v) is 8.61. The number of ether oxygens (including phenoxy) is 1. The van der Waals surface area contributed by atoms with Crippen molar-refractivity contribution in [3.63, 3.8) is 0 Å². The summed E-state index contributed by atoms with van der Waals surface area (Å²) in [6.07, 6.45) is 0. The molecule has 0 saturated heterocycles. The Hall–Kier alpha value is -1.94. The normalized spacial score (nSPS) is 11.8. The van der Waals surface area contributed by atoms with E-state index in [1.807, 2.05) is 38.1 Å². The third-order valence-corrected chi connectivity index (χ3v) is 4.63. The second-order valence-corrected chi connectivity index (χ2v) is 6.69. The molecule has 0 aliphatic carbocycles. The lowest BCUT2D eigenvalue weighted by atomic mass is 10.0. The van der Waals surface area contributed by atoms with E-state index in [0.29, 0.717) is 5.75 Å². The number of benzene rings is 2. The van der Waals surface area contributed by atoms with Gasteiger partial charge in [-0.25, -0.2) is 0 Å². The van der Waals surface area contributed by atoms with Gasteiger partial charge in [0.1, 0.15) is 5.75 Å². The van der Waals surface area contributed by atoms with Gasteiger partial charge in [-0.15, -0.1) is 11.8 Å². The Bertz CT molecular complexity index is 668. The fourth-order valence-electron chi connectivity index (χ4n) is 2.34. The quantitative estimate of drug-likeness (QED) is 0.804. The molecule has 2 aromatic carbocycles. The van der Waals surface area contributed by atoms with Gasteiger partial charge in [-0.05, 0) is 39.0 Å². The molecule has 1 N–H and O–H groups in total. The second kappa shape index (κ2) is 8.06. The number of hydrogen-bond donors (Lipinski definition) is 1. The standard InChI is InChI=1S/C19H23NO2S/c1-13-5-8-16(9-6-13)23-12-19(21)20-15(3)17-11-14(2)7-10-18(17)22-4/h5-11,15H,12H2,1-4H3,(H,20,21)/t15-/m0/s1. The van der Waals surface area contributed by atoms with Crippen LogP contribution < -0.4 is 10.1 Å². The summed E-state index contributed by atoms with van der Waals surface area (Å²) in [5, 5.41) is 3.04. The fraction of sp³-hybridized carbons (Fsp3) is 0.316. The van der Waals surface area contributed by atoms with Crippen molar-refractivity contribution < 1.29 is 9.53 Å². The van der Waals surface area contributed by atoms with Crippen LogP contribution in [-0.4, -0.2) is 18.8 Å². The largest absolute Gasteiger partial charge is 0.496 e. The zero-order valence-corrected chi connectivity index (χ0v) is 14.9. The topological polar surface area (TPSA) is 38.3 Å². The van der Waals surface area contributed by atoms with Crippen LogP contribution in [0.25, 0.3) is 0 Å². The summed E-state index contributed by atoms with van der Waals surface area (Å²) in [6.45, 7) is 6.06. The highest BCUT2D eigenvalue weighted by atomic mass is 32.2. The number of rotatable bonds is 6. The lowest BCUT2D eigenvalue weighted by molar-refractivity contribution is -0.119. The maximum absolute atomic E-state index is 12.2. The van der Waals surface area contributed by atoms with Crippen molar-refractivity contribution in [2.45, 2.75) is 31.7 Å². The number of hydrogen-bond acceptors (Lipinski definition) is 3. The molecule has 122 valence electrons. The van der Waals surface area contributed by atoms with Gasteiger partial charge in [0.15, 0.2) is 0 Å². The van der Waals surface area contributed by atoms with Gasteiger partial charge < -0.3 is 10.1 Å². The molecule has 0 aromatic heterocycles. The van der Waals surface area contributed by atoms with Gasteiger partial charge in [0.2, 0.25) is 5.91 Å². The van der Waals surface area contributed by atoms with Crippen LogP contribution in [0, 0.1) is 13.8 Å². The minimum atomic E-state index is -0.0871. The van der Waals surface area contributed by atoms with Gasteiger partial charge in [0.25, 0.3) is 0 Å². The molecule has 0 aliphatic rings. The molecule has 1 amide bonds. The van der Waals surface area contributed by atoms with Crippen LogP contribution in [0.3, 0.4) is 0 Å². The molecule has 23 heavy (non-hydrogen) atoms. The minimum Gasteiger partial charge on any atom is -0.496 e. The van der Waals surface area contributed by atoms with Crippen molar-refractivity contribution in [1.82, 2.24) is 5.32 Å². The maximum atomic E-state index is 12.2. The lowest BCUT2D eigenvalue weighted by Gasteiger charge is -2.18. The van der Waals surface area contributed by atoms with Crippen LogP contribution in [0.5, 0.6) is 5.75 Å². The number of carbonyl (C=O) groups excluding carboxylic acids is 1. The Balaban J connectivity index is 1.94. The van der Waals surface area contributed by atoms with Gasteiger partial charge >= 0.3 is 0 Å². The minimum absolute atomic E-state index is 0.0200. The Labute approximate surface area is 142 Å². The Kier molecular flexibility index (Phi) is 6.11. The van der Waals surface area contributed by atoms with Gasteiger partial charge in [0.05, 0.1) is 18.9 Å². The summed E-state index contributed by atoms with van der Waals surface area (Å²) in [6, 6.07) is 14.1. The van der Waals surface area contributed by atoms with Crippen LogP contribution in [0.15, 0.2) is 47.4 Å². The van der Waals surface area contributed by atoms with E-state index in [4.69, 9.17) is 4.74 Å². The highest BCUT2D eigenvalue weighted by Gasteiger charge is 2.14. The first kappa shape index (κ1) is 17.4.